The van der Waals surface area contributed by atoms with Crippen LogP contribution in [0, 0.1) is 0 Å². The normalized spacial score (nSPS) is 22.5. The molecule has 0 amide bonds. The van der Waals surface area contributed by atoms with E-state index in [2.05, 4.69) is 25.8 Å². The van der Waals surface area contributed by atoms with Crippen molar-refractivity contribution in [2.45, 2.75) is 30.6 Å². The summed E-state index contributed by atoms with van der Waals surface area (Å²) in [4.78, 5) is 11.3. The molecule has 13 nitrogen and oxygen atoms in total. The summed E-state index contributed by atoms with van der Waals surface area (Å²) >= 11 is 0. The topological polar surface area (TPSA) is 209 Å². The third-order valence-electron chi connectivity index (χ3n) is 6.14. The molecule has 1 unspecified atom stereocenters. The van der Waals surface area contributed by atoms with Crippen LogP contribution in [0.5, 0.6) is 5.75 Å². The van der Waals surface area contributed by atoms with Gasteiger partial charge in [0.15, 0.2) is 0 Å². The third kappa shape index (κ3) is 4.80. The number of carbonyl (C=O) groups is 1. The van der Waals surface area contributed by atoms with E-state index in [0.717, 1.165) is 6.21 Å². The van der Waals surface area contributed by atoms with Crippen LogP contribution in [0.3, 0.4) is 0 Å². The van der Waals surface area contributed by atoms with Gasteiger partial charge in [-0.05, 0) is 59.0 Å². The fraction of sp³-hybridized carbons (Fsp3) is 0.217. The first-order valence-corrected chi connectivity index (χ1v) is 10.4. The second kappa shape index (κ2) is 10.5. The van der Waals surface area contributed by atoms with Gasteiger partial charge in [0, 0.05) is 11.0 Å². The Bertz CT molecular complexity index is 1260. The number of carboxylic acid groups (broad SMARTS) is 1. The molecule has 0 bridgehead atoms. The zero-order chi connectivity index (χ0) is 26.3. The van der Waals surface area contributed by atoms with Crippen LogP contribution in [0.2, 0.25) is 0 Å². The number of carboxylic acids is 1. The second-order valence-electron chi connectivity index (χ2n) is 8.25. The van der Waals surface area contributed by atoms with Gasteiger partial charge in [0.2, 0.25) is 0 Å². The summed E-state index contributed by atoms with van der Waals surface area (Å²) in [5.74, 6) is -1.47. The number of hydrogen-bond acceptors (Lipinski definition) is 12. The molecule has 6 N–H and O–H groups in total. The number of benzene rings is 2. The van der Waals surface area contributed by atoms with Crippen molar-refractivity contribution in [1.29, 1.82) is 0 Å². The van der Waals surface area contributed by atoms with Crippen molar-refractivity contribution in [3.8, 4) is 16.9 Å². The molecule has 1 atom stereocenters. The second-order valence-corrected chi connectivity index (χ2v) is 8.25. The fourth-order valence-corrected chi connectivity index (χ4v) is 4.28. The number of oxime groups is 5. The minimum absolute atomic E-state index is 0.0464. The van der Waals surface area contributed by atoms with Crippen LogP contribution in [-0.4, -0.2) is 67.9 Å². The van der Waals surface area contributed by atoms with E-state index in [4.69, 9.17) is 9.94 Å². The molecule has 3 rings (SSSR count). The van der Waals surface area contributed by atoms with Gasteiger partial charge in [-0.25, -0.2) is 4.79 Å². The predicted octanol–water partition coefficient (Wildman–Crippen LogP) is 3.35. The first-order valence-electron chi connectivity index (χ1n) is 10.4. The number of rotatable bonds is 7. The van der Waals surface area contributed by atoms with Crippen LogP contribution in [0.15, 0.2) is 62.2 Å². The van der Waals surface area contributed by atoms with E-state index >= 15 is 0 Å². The number of hydrogen-bond donors (Lipinski definition) is 6. The molecule has 0 saturated heterocycles. The van der Waals surface area contributed by atoms with E-state index in [1.54, 1.807) is 19.1 Å². The highest BCUT2D eigenvalue weighted by atomic mass is 16.5. The zero-order valence-corrected chi connectivity index (χ0v) is 18.9. The Kier molecular flexibility index (Phi) is 7.52. The zero-order valence-electron chi connectivity index (χ0n) is 18.9. The summed E-state index contributed by atoms with van der Waals surface area (Å²) in [6.45, 7) is 1.79. The lowest BCUT2D eigenvalue weighted by Gasteiger charge is -2.41. The van der Waals surface area contributed by atoms with Crippen molar-refractivity contribution in [2.75, 3.05) is 0 Å². The van der Waals surface area contributed by atoms with Crippen LogP contribution < -0.4 is 4.74 Å². The van der Waals surface area contributed by atoms with Gasteiger partial charge in [-0.2, -0.15) is 0 Å². The summed E-state index contributed by atoms with van der Waals surface area (Å²) in [6, 6.07) is 9.06. The van der Waals surface area contributed by atoms with Crippen molar-refractivity contribution in [1.82, 2.24) is 0 Å². The van der Waals surface area contributed by atoms with Crippen molar-refractivity contribution >= 4 is 36.7 Å². The maximum absolute atomic E-state index is 11.3. The molecular formula is C23H23N5O8. The van der Waals surface area contributed by atoms with E-state index in [1.807, 2.05) is 0 Å². The fourth-order valence-electron chi connectivity index (χ4n) is 4.28. The summed E-state index contributed by atoms with van der Waals surface area (Å²) in [5, 5.41) is 70.8. The highest BCUT2D eigenvalue weighted by Gasteiger charge is 2.44. The van der Waals surface area contributed by atoms with Crippen LogP contribution in [-0.2, 0) is 10.8 Å². The Labute approximate surface area is 204 Å². The Balaban J connectivity index is 2.40. The Morgan fingerprint density at radius 2 is 1.53 bits per heavy atom. The molecule has 0 aliphatic heterocycles. The van der Waals surface area contributed by atoms with E-state index in [-0.39, 0.29) is 11.3 Å². The van der Waals surface area contributed by atoms with Gasteiger partial charge in [-0.3, -0.25) is 0 Å². The smallest absolute Gasteiger partial charge is 0.335 e. The van der Waals surface area contributed by atoms with Crippen LogP contribution >= 0.6 is 0 Å². The average molecular weight is 497 g/mol. The molecule has 36 heavy (non-hydrogen) atoms. The third-order valence-corrected chi connectivity index (χ3v) is 6.14. The summed E-state index contributed by atoms with van der Waals surface area (Å²) in [5.41, 5.74) is -0.0623. The molecule has 1 aliphatic rings. The molecule has 0 spiro atoms. The van der Waals surface area contributed by atoms with Crippen LogP contribution in [0.1, 0.15) is 41.3 Å². The molecular weight excluding hydrogens is 474 g/mol. The molecule has 2 aromatic carbocycles. The number of nitrogens with zero attached hydrogens (tertiary/aromatic N) is 5. The lowest BCUT2D eigenvalue weighted by molar-refractivity contribution is 0.0697. The van der Waals surface area contributed by atoms with Gasteiger partial charge in [-0.15, -0.1) is 15.5 Å². The molecule has 0 saturated carbocycles. The van der Waals surface area contributed by atoms with Gasteiger partial charge in [0.25, 0.3) is 5.90 Å². The molecule has 13 heteroatoms. The average Bonchev–Trinajstić information content (AvgIpc) is 2.86. The SMILES string of the molecule is CC1(C=NO)CCC(C=NO)(C=NO)c2cc(-c3ccc(C(=O)O)cc3)c(OC(C=NO)=NO)cc21. The Morgan fingerprint density at radius 3 is 2.06 bits per heavy atom. The van der Waals surface area contributed by atoms with E-state index in [1.165, 1.54) is 42.9 Å². The van der Waals surface area contributed by atoms with Crippen molar-refractivity contribution in [3.63, 3.8) is 0 Å². The summed E-state index contributed by atoms with van der Waals surface area (Å²) in [6.07, 6.45) is 5.16. The highest BCUT2D eigenvalue weighted by Crippen LogP contribution is 2.48. The molecule has 0 heterocycles. The van der Waals surface area contributed by atoms with Gasteiger partial charge < -0.3 is 35.9 Å². The Hall–Kier alpha value is -4.94. The van der Waals surface area contributed by atoms with Crippen molar-refractivity contribution in [2.24, 2.45) is 25.8 Å². The lowest BCUT2D eigenvalue weighted by Crippen LogP contribution is -2.42. The lowest BCUT2D eigenvalue weighted by atomic mass is 9.61. The van der Waals surface area contributed by atoms with Crippen molar-refractivity contribution < 1.29 is 40.7 Å². The van der Waals surface area contributed by atoms with Gasteiger partial charge >= 0.3 is 5.97 Å². The highest BCUT2D eigenvalue weighted by molar-refractivity contribution is 6.26. The largest absolute Gasteiger partial charge is 0.478 e. The van der Waals surface area contributed by atoms with Gasteiger partial charge in [0.1, 0.15) is 12.0 Å². The quantitative estimate of drug-likeness (QED) is 0.144. The minimum atomic E-state index is -1.17. The molecule has 188 valence electrons. The van der Waals surface area contributed by atoms with E-state index in [0.29, 0.717) is 35.1 Å². The molecule has 0 fully saturated rings. The van der Waals surface area contributed by atoms with Crippen molar-refractivity contribution in [3.05, 3.63) is 53.1 Å². The van der Waals surface area contributed by atoms with E-state index in [9.17, 15) is 30.7 Å². The number of fused-ring (bicyclic) bond motifs is 1. The van der Waals surface area contributed by atoms with Crippen LogP contribution in [0.25, 0.3) is 11.1 Å². The number of ether oxygens (including phenoxy) is 1. The molecule has 2 aromatic rings. The van der Waals surface area contributed by atoms with Gasteiger partial charge in [0.05, 0.1) is 29.6 Å². The summed E-state index contributed by atoms with van der Waals surface area (Å²) < 4.78 is 5.69. The molecule has 0 aromatic heterocycles. The maximum atomic E-state index is 11.3. The predicted molar refractivity (Wildman–Crippen MR) is 128 cm³/mol. The monoisotopic (exact) mass is 497 g/mol. The Morgan fingerprint density at radius 1 is 0.889 bits per heavy atom. The van der Waals surface area contributed by atoms with Crippen LogP contribution in [0.4, 0.5) is 0 Å². The standard InChI is InChI=1S/C23H23N5O8/c1-22(11-25-32)6-7-23(12-26-33,13-27-34)18-8-16(14-2-4-15(5-3-14)21(29)30)19(9-17(18)22)36-20(28-35)10-24-31/h2-5,8-13,31-35H,6-7H2,1H3,(H,29,30). The molecule has 1 aliphatic carbocycles. The molecule has 0 radical (unpaired) electrons. The first kappa shape index (κ1) is 25.7. The first-order chi connectivity index (χ1) is 17.3. The minimum Gasteiger partial charge on any atom is -0.478 e. The number of aromatic carboxylic acids is 1. The van der Waals surface area contributed by atoms with E-state index < -0.39 is 22.7 Å². The summed E-state index contributed by atoms with van der Waals surface area (Å²) in [7, 11) is 0. The maximum Gasteiger partial charge on any atom is 0.335 e. The van der Waals surface area contributed by atoms with Gasteiger partial charge in [-0.1, -0.05) is 24.2 Å².